The zero-order valence-corrected chi connectivity index (χ0v) is 12.8. The van der Waals surface area contributed by atoms with Crippen molar-refractivity contribution in [1.29, 1.82) is 0 Å². The largest absolute Gasteiger partial charge is 0.491 e. The van der Waals surface area contributed by atoms with Gasteiger partial charge in [-0.05, 0) is 44.5 Å². The molecule has 0 aliphatic heterocycles. The topological polar surface area (TPSA) is 86.3 Å². The molecule has 0 spiro atoms. The molecule has 21 heavy (non-hydrogen) atoms. The molecule has 1 aromatic rings. The number of oxime groups is 1. The molecule has 0 fully saturated rings. The van der Waals surface area contributed by atoms with Crippen molar-refractivity contribution >= 4 is 5.84 Å². The van der Waals surface area contributed by atoms with E-state index in [9.17, 15) is 0 Å². The van der Waals surface area contributed by atoms with E-state index in [1.807, 2.05) is 13.8 Å². The van der Waals surface area contributed by atoms with Gasteiger partial charge in [0.1, 0.15) is 12.4 Å². The molecule has 0 saturated heterocycles. The Morgan fingerprint density at radius 1 is 1.19 bits per heavy atom. The molecule has 6 heteroatoms. The molecule has 0 aromatic heterocycles. The van der Waals surface area contributed by atoms with Crippen molar-refractivity contribution in [2.45, 2.75) is 25.9 Å². The normalized spacial score (nSPS) is 12.4. The summed E-state index contributed by atoms with van der Waals surface area (Å²) in [7, 11) is 1.70. The highest BCUT2D eigenvalue weighted by Gasteiger charge is 2.15. The van der Waals surface area contributed by atoms with Gasteiger partial charge in [-0.3, -0.25) is 0 Å². The van der Waals surface area contributed by atoms with E-state index in [0.29, 0.717) is 31.1 Å². The first kappa shape index (κ1) is 17.3. The van der Waals surface area contributed by atoms with Crippen LogP contribution in [0.4, 0.5) is 0 Å². The van der Waals surface area contributed by atoms with Crippen LogP contribution in [-0.4, -0.2) is 43.6 Å². The van der Waals surface area contributed by atoms with Gasteiger partial charge in [0.15, 0.2) is 5.84 Å². The minimum absolute atomic E-state index is 0.0747. The summed E-state index contributed by atoms with van der Waals surface area (Å²) in [6, 6.07) is 6.99. The Bertz CT molecular complexity index is 443. The smallest absolute Gasteiger partial charge is 0.170 e. The first-order valence-electron chi connectivity index (χ1n) is 6.82. The van der Waals surface area contributed by atoms with Crippen LogP contribution in [0.25, 0.3) is 0 Å². The van der Waals surface area contributed by atoms with Crippen LogP contribution < -0.4 is 10.5 Å². The number of methoxy groups -OCH3 is 1. The summed E-state index contributed by atoms with van der Waals surface area (Å²) >= 11 is 0. The second-order valence-electron chi connectivity index (χ2n) is 5.18. The maximum absolute atomic E-state index is 8.56. The summed E-state index contributed by atoms with van der Waals surface area (Å²) in [5, 5.41) is 11.5. The quantitative estimate of drug-likeness (QED) is 0.239. The Kier molecular flexibility index (Phi) is 6.98. The summed E-state index contributed by atoms with van der Waals surface area (Å²) in [4.78, 5) is 0. The lowest BCUT2D eigenvalue weighted by molar-refractivity contribution is -0.0128. The van der Waals surface area contributed by atoms with Crippen LogP contribution in [0.15, 0.2) is 29.4 Å². The summed E-state index contributed by atoms with van der Waals surface area (Å²) < 4.78 is 16.3. The molecule has 0 aliphatic rings. The van der Waals surface area contributed by atoms with Gasteiger partial charge in [-0.25, -0.2) is 0 Å². The van der Waals surface area contributed by atoms with Crippen molar-refractivity contribution in [3.63, 3.8) is 0 Å². The van der Waals surface area contributed by atoms with Crippen molar-refractivity contribution in [2.24, 2.45) is 10.9 Å². The highest BCUT2D eigenvalue weighted by Crippen LogP contribution is 2.13. The van der Waals surface area contributed by atoms with Crippen LogP contribution in [0.3, 0.4) is 0 Å². The molecular formula is C15H24N2O4. The fourth-order valence-corrected chi connectivity index (χ4v) is 1.52. The third-order valence-electron chi connectivity index (χ3n) is 3.16. The number of nitrogens with zero attached hydrogens (tertiary/aromatic N) is 1. The SMILES string of the molecule is COC(C)(C)CCOCCOc1ccc(/C(N)=N/O)cc1. The molecular weight excluding hydrogens is 272 g/mol. The molecule has 0 unspecified atom stereocenters. The molecule has 1 aromatic carbocycles. The summed E-state index contributed by atoms with van der Waals surface area (Å²) in [6.07, 6.45) is 0.831. The molecule has 0 atom stereocenters. The molecule has 0 bridgehead atoms. The lowest BCUT2D eigenvalue weighted by atomic mass is 10.1. The monoisotopic (exact) mass is 296 g/mol. The fourth-order valence-electron chi connectivity index (χ4n) is 1.52. The van der Waals surface area contributed by atoms with Crippen molar-refractivity contribution < 1.29 is 19.4 Å². The van der Waals surface area contributed by atoms with E-state index in [4.69, 9.17) is 25.2 Å². The van der Waals surface area contributed by atoms with Crippen molar-refractivity contribution in [2.75, 3.05) is 26.9 Å². The van der Waals surface area contributed by atoms with Crippen molar-refractivity contribution in [1.82, 2.24) is 0 Å². The van der Waals surface area contributed by atoms with Gasteiger partial charge in [0.05, 0.1) is 12.2 Å². The molecule has 0 saturated carbocycles. The number of amidine groups is 1. The van der Waals surface area contributed by atoms with E-state index in [-0.39, 0.29) is 11.4 Å². The van der Waals surface area contributed by atoms with E-state index >= 15 is 0 Å². The van der Waals surface area contributed by atoms with E-state index in [0.717, 1.165) is 6.42 Å². The lowest BCUT2D eigenvalue weighted by Gasteiger charge is -2.22. The first-order chi connectivity index (χ1) is 9.98. The summed E-state index contributed by atoms with van der Waals surface area (Å²) in [6.45, 7) is 5.66. The van der Waals surface area contributed by atoms with Gasteiger partial charge in [0, 0.05) is 19.3 Å². The van der Waals surface area contributed by atoms with Crippen LogP contribution in [0.1, 0.15) is 25.8 Å². The fraction of sp³-hybridized carbons (Fsp3) is 0.533. The average molecular weight is 296 g/mol. The molecule has 0 radical (unpaired) electrons. The van der Waals surface area contributed by atoms with E-state index in [1.54, 1.807) is 31.4 Å². The number of ether oxygens (including phenoxy) is 3. The molecule has 0 heterocycles. The van der Waals surface area contributed by atoms with Gasteiger partial charge in [0.25, 0.3) is 0 Å². The Morgan fingerprint density at radius 2 is 1.86 bits per heavy atom. The zero-order valence-electron chi connectivity index (χ0n) is 12.8. The maximum atomic E-state index is 8.56. The van der Waals surface area contributed by atoms with E-state index in [1.165, 1.54) is 0 Å². The average Bonchev–Trinajstić information content (AvgIpc) is 2.50. The van der Waals surface area contributed by atoms with Crippen molar-refractivity contribution in [3.05, 3.63) is 29.8 Å². The minimum atomic E-state index is -0.162. The third-order valence-corrected chi connectivity index (χ3v) is 3.16. The second-order valence-corrected chi connectivity index (χ2v) is 5.18. The third kappa shape index (κ3) is 6.46. The number of hydrogen-bond donors (Lipinski definition) is 2. The predicted molar refractivity (Wildman–Crippen MR) is 81.0 cm³/mol. The van der Waals surface area contributed by atoms with Crippen LogP contribution in [0.5, 0.6) is 5.75 Å². The Morgan fingerprint density at radius 3 is 2.43 bits per heavy atom. The van der Waals surface area contributed by atoms with E-state index < -0.39 is 0 Å². The van der Waals surface area contributed by atoms with Gasteiger partial charge < -0.3 is 25.2 Å². The van der Waals surface area contributed by atoms with Gasteiger partial charge in [-0.1, -0.05) is 5.16 Å². The summed E-state index contributed by atoms with van der Waals surface area (Å²) in [5.74, 6) is 0.788. The molecule has 0 aliphatic carbocycles. The van der Waals surface area contributed by atoms with Gasteiger partial charge in [0.2, 0.25) is 0 Å². The highest BCUT2D eigenvalue weighted by molar-refractivity contribution is 5.97. The number of rotatable bonds is 9. The van der Waals surface area contributed by atoms with Crippen LogP contribution in [-0.2, 0) is 9.47 Å². The lowest BCUT2D eigenvalue weighted by Crippen LogP contribution is -2.24. The van der Waals surface area contributed by atoms with Gasteiger partial charge >= 0.3 is 0 Å². The van der Waals surface area contributed by atoms with Gasteiger partial charge in [-0.2, -0.15) is 0 Å². The number of nitrogens with two attached hydrogens (primary N) is 1. The zero-order chi connectivity index (χ0) is 15.7. The van der Waals surface area contributed by atoms with Crippen molar-refractivity contribution in [3.8, 4) is 5.75 Å². The maximum Gasteiger partial charge on any atom is 0.170 e. The second kappa shape index (κ2) is 8.49. The summed E-state index contributed by atoms with van der Waals surface area (Å²) in [5.41, 5.74) is 5.95. The molecule has 118 valence electrons. The molecule has 6 nitrogen and oxygen atoms in total. The first-order valence-corrected chi connectivity index (χ1v) is 6.82. The Hall–Kier alpha value is -1.79. The molecule has 0 amide bonds. The number of hydrogen-bond acceptors (Lipinski definition) is 5. The Labute approximate surface area is 125 Å². The molecule has 1 rings (SSSR count). The Balaban J connectivity index is 2.21. The highest BCUT2D eigenvalue weighted by atomic mass is 16.5. The standard InChI is InChI=1S/C15H24N2O4/c1-15(2,19-3)8-9-20-10-11-21-13-6-4-12(5-7-13)14(16)17-18/h4-7,18H,8-11H2,1-3H3,(H2,16,17). The van der Waals surface area contributed by atoms with Gasteiger partial charge in [-0.15, -0.1) is 0 Å². The van der Waals surface area contributed by atoms with Crippen LogP contribution in [0, 0.1) is 0 Å². The number of benzene rings is 1. The molecule has 3 N–H and O–H groups in total. The predicted octanol–water partition coefficient (Wildman–Crippen LogP) is 1.99. The van der Waals surface area contributed by atoms with Crippen LogP contribution >= 0.6 is 0 Å². The van der Waals surface area contributed by atoms with E-state index in [2.05, 4.69) is 5.16 Å². The van der Waals surface area contributed by atoms with Crippen LogP contribution in [0.2, 0.25) is 0 Å². The minimum Gasteiger partial charge on any atom is -0.491 e.